The van der Waals surface area contributed by atoms with Crippen molar-refractivity contribution in [1.29, 1.82) is 0 Å². The molecule has 0 saturated heterocycles. The van der Waals surface area contributed by atoms with Crippen LogP contribution in [0.4, 0.5) is 15.3 Å². The van der Waals surface area contributed by atoms with E-state index >= 15 is 0 Å². The number of benzene rings is 2. The molecule has 1 aromatic heterocycles. The standard InChI is InChI=1S/C29H30N2O5/c1-17-23(18(2)32)24(19-11-7-6-8-12-19)26-25-21(15-16-30(17)26)20-13-9-10-14-22(20)31(25)27(33)35-28(34)36-29(3,4)5/h6-14,21,25H,15-16H2,1-5H3/t21-,25+/m0/s1. The first-order chi connectivity index (χ1) is 17.1. The number of rotatable bonds is 2. The third-order valence-corrected chi connectivity index (χ3v) is 6.93. The Balaban J connectivity index is 1.68. The van der Waals surface area contributed by atoms with Crippen molar-refractivity contribution in [3.63, 3.8) is 0 Å². The van der Waals surface area contributed by atoms with Crippen molar-refractivity contribution in [3.8, 4) is 11.1 Å². The number of amides is 1. The van der Waals surface area contributed by atoms with Crippen molar-refractivity contribution in [3.05, 3.63) is 77.1 Å². The number of para-hydroxylation sites is 1. The molecular formula is C29H30N2O5. The highest BCUT2D eigenvalue weighted by molar-refractivity contribution is 6.04. The largest absolute Gasteiger partial charge is 0.517 e. The van der Waals surface area contributed by atoms with Crippen LogP contribution in [0.1, 0.15) is 73.4 Å². The van der Waals surface area contributed by atoms with Crippen molar-refractivity contribution in [1.82, 2.24) is 4.57 Å². The highest BCUT2D eigenvalue weighted by Gasteiger charge is 2.49. The van der Waals surface area contributed by atoms with E-state index < -0.39 is 23.9 Å². The summed E-state index contributed by atoms with van der Waals surface area (Å²) in [4.78, 5) is 40.5. The fraction of sp³-hybridized carbons (Fsp3) is 0.345. The Kier molecular flexibility index (Phi) is 5.74. The van der Waals surface area contributed by atoms with Gasteiger partial charge in [0.15, 0.2) is 5.78 Å². The highest BCUT2D eigenvalue weighted by atomic mass is 16.8. The van der Waals surface area contributed by atoms with Crippen molar-refractivity contribution in [2.45, 2.75) is 65.1 Å². The van der Waals surface area contributed by atoms with Crippen LogP contribution >= 0.6 is 0 Å². The van der Waals surface area contributed by atoms with Crippen LogP contribution in [-0.2, 0) is 16.0 Å². The number of fused-ring (bicyclic) bond motifs is 5. The number of carbonyl (C=O) groups is 3. The molecule has 2 aromatic carbocycles. The summed E-state index contributed by atoms with van der Waals surface area (Å²) in [6.07, 6.45) is -1.05. The maximum atomic E-state index is 13.6. The van der Waals surface area contributed by atoms with Crippen LogP contribution in [0.5, 0.6) is 0 Å². The first-order valence-corrected chi connectivity index (χ1v) is 12.2. The minimum Gasteiger partial charge on any atom is -0.428 e. The fourth-order valence-electron chi connectivity index (χ4n) is 5.70. The number of Topliss-reactive ketones (excluding diaryl/α,β-unsaturated/α-hetero) is 1. The van der Waals surface area contributed by atoms with Gasteiger partial charge in [0.1, 0.15) is 5.60 Å². The SMILES string of the molecule is CC(=O)c1c(-c2ccccc2)c2n(c1C)CC[C@H]1c3ccccc3N(C(=O)OC(=O)OC(C)(C)C)[C@@H]21. The van der Waals surface area contributed by atoms with Crippen molar-refractivity contribution in [2.75, 3.05) is 4.90 Å². The normalized spacial score (nSPS) is 18.2. The molecule has 3 aromatic rings. The van der Waals surface area contributed by atoms with Crippen LogP contribution in [0.2, 0.25) is 0 Å². The van der Waals surface area contributed by atoms with Gasteiger partial charge in [0.2, 0.25) is 0 Å². The van der Waals surface area contributed by atoms with E-state index in [1.54, 1.807) is 32.6 Å². The molecule has 0 fully saturated rings. The monoisotopic (exact) mass is 486 g/mol. The summed E-state index contributed by atoms with van der Waals surface area (Å²) in [5.41, 5.74) is 5.11. The number of hydrogen-bond donors (Lipinski definition) is 0. The lowest BCUT2D eigenvalue weighted by Gasteiger charge is -2.34. The van der Waals surface area contributed by atoms with Crippen LogP contribution in [0.25, 0.3) is 11.1 Å². The van der Waals surface area contributed by atoms with E-state index in [9.17, 15) is 14.4 Å². The highest BCUT2D eigenvalue weighted by Crippen LogP contribution is 2.56. The van der Waals surface area contributed by atoms with Crippen molar-refractivity contribution < 1.29 is 23.9 Å². The predicted octanol–water partition coefficient (Wildman–Crippen LogP) is 6.79. The van der Waals surface area contributed by atoms with E-state index in [0.717, 1.165) is 41.0 Å². The molecule has 7 nitrogen and oxygen atoms in total. The molecule has 36 heavy (non-hydrogen) atoms. The number of ketones is 1. The smallest absolute Gasteiger partial charge is 0.428 e. The molecule has 2 aliphatic heterocycles. The second-order valence-electron chi connectivity index (χ2n) is 10.4. The Morgan fingerprint density at radius 1 is 0.972 bits per heavy atom. The van der Waals surface area contributed by atoms with Crippen molar-refractivity contribution in [2.24, 2.45) is 0 Å². The average Bonchev–Trinajstić information content (AvgIpc) is 3.31. The summed E-state index contributed by atoms with van der Waals surface area (Å²) in [5.74, 6) is -0.0281. The third-order valence-electron chi connectivity index (χ3n) is 6.93. The molecule has 3 heterocycles. The molecule has 186 valence electrons. The molecule has 2 atom stereocenters. The summed E-state index contributed by atoms with van der Waals surface area (Å²) in [6.45, 7) is 9.40. The summed E-state index contributed by atoms with van der Waals surface area (Å²) in [6, 6.07) is 17.1. The molecule has 0 aliphatic carbocycles. The number of carbonyl (C=O) groups excluding carboxylic acids is 3. The van der Waals surface area contributed by atoms with Crippen LogP contribution in [0.15, 0.2) is 54.6 Å². The number of ether oxygens (including phenoxy) is 2. The second kappa shape index (κ2) is 8.66. The van der Waals surface area contributed by atoms with Gasteiger partial charge in [-0.2, -0.15) is 0 Å². The van der Waals surface area contributed by atoms with Gasteiger partial charge in [0, 0.05) is 29.3 Å². The predicted molar refractivity (Wildman–Crippen MR) is 136 cm³/mol. The van der Waals surface area contributed by atoms with E-state index in [2.05, 4.69) is 4.57 Å². The lowest BCUT2D eigenvalue weighted by Crippen LogP contribution is -2.39. The van der Waals surface area contributed by atoms with Gasteiger partial charge in [-0.05, 0) is 58.2 Å². The number of aromatic nitrogens is 1. The molecule has 0 bridgehead atoms. The summed E-state index contributed by atoms with van der Waals surface area (Å²) in [7, 11) is 0. The van der Waals surface area contributed by atoms with Gasteiger partial charge in [-0.25, -0.2) is 9.59 Å². The van der Waals surface area contributed by atoms with Crippen LogP contribution < -0.4 is 4.90 Å². The molecule has 0 unspecified atom stereocenters. The Bertz CT molecular complexity index is 1370. The molecule has 0 saturated carbocycles. The molecule has 1 amide bonds. The fourth-order valence-corrected chi connectivity index (χ4v) is 5.70. The Labute approximate surface area is 210 Å². The zero-order valence-corrected chi connectivity index (χ0v) is 21.2. The summed E-state index contributed by atoms with van der Waals surface area (Å²) < 4.78 is 12.6. The van der Waals surface area contributed by atoms with Crippen LogP contribution in [0.3, 0.4) is 0 Å². The van der Waals surface area contributed by atoms with Crippen LogP contribution in [0, 0.1) is 6.92 Å². The van der Waals surface area contributed by atoms with Gasteiger partial charge in [0.05, 0.1) is 17.4 Å². The molecule has 5 rings (SSSR count). The first kappa shape index (κ1) is 23.9. The van der Waals surface area contributed by atoms with Gasteiger partial charge >= 0.3 is 12.2 Å². The van der Waals surface area contributed by atoms with E-state index in [1.807, 2.05) is 61.5 Å². The molecule has 0 spiro atoms. The summed E-state index contributed by atoms with van der Waals surface area (Å²) >= 11 is 0. The summed E-state index contributed by atoms with van der Waals surface area (Å²) in [5, 5.41) is 0. The topological polar surface area (TPSA) is 77.8 Å². The Morgan fingerprint density at radius 2 is 1.64 bits per heavy atom. The van der Waals surface area contributed by atoms with E-state index in [0.29, 0.717) is 11.3 Å². The molecule has 0 N–H and O–H groups in total. The quantitative estimate of drug-likeness (QED) is 0.226. The van der Waals surface area contributed by atoms with Gasteiger partial charge in [0.25, 0.3) is 0 Å². The molecule has 2 aliphatic rings. The second-order valence-corrected chi connectivity index (χ2v) is 10.4. The zero-order valence-electron chi connectivity index (χ0n) is 21.2. The molecular weight excluding hydrogens is 456 g/mol. The van der Waals surface area contributed by atoms with E-state index in [1.165, 1.54) is 0 Å². The minimum absolute atomic E-state index is 0.00328. The zero-order chi connectivity index (χ0) is 25.8. The van der Waals surface area contributed by atoms with Gasteiger partial charge in [-0.1, -0.05) is 48.5 Å². The lowest BCUT2D eigenvalue weighted by atomic mass is 9.84. The molecule has 0 radical (unpaired) electrons. The number of hydrogen-bond acceptors (Lipinski definition) is 5. The van der Waals surface area contributed by atoms with Gasteiger partial charge in [-0.15, -0.1) is 0 Å². The Hall–Kier alpha value is -3.87. The first-order valence-electron chi connectivity index (χ1n) is 12.2. The maximum Gasteiger partial charge on any atom is 0.517 e. The van der Waals surface area contributed by atoms with Crippen molar-refractivity contribution >= 4 is 23.7 Å². The van der Waals surface area contributed by atoms with Gasteiger partial charge < -0.3 is 14.0 Å². The number of nitrogens with zero attached hydrogens (tertiary/aromatic N) is 2. The Morgan fingerprint density at radius 3 is 2.31 bits per heavy atom. The van der Waals surface area contributed by atoms with Crippen LogP contribution in [-0.4, -0.2) is 28.2 Å². The van der Waals surface area contributed by atoms with Gasteiger partial charge in [-0.3, -0.25) is 9.69 Å². The lowest BCUT2D eigenvalue weighted by molar-refractivity contribution is 0.00973. The van der Waals surface area contributed by atoms with E-state index in [4.69, 9.17) is 9.47 Å². The third kappa shape index (κ3) is 3.88. The molecule has 7 heteroatoms. The number of anilines is 1. The van der Waals surface area contributed by atoms with E-state index in [-0.39, 0.29) is 11.7 Å². The maximum absolute atomic E-state index is 13.6. The minimum atomic E-state index is -1.04. The average molecular weight is 487 g/mol.